The zero-order chi connectivity index (χ0) is 14.3. The van der Waals surface area contributed by atoms with Crippen molar-refractivity contribution in [2.45, 2.75) is 44.7 Å². The topological polar surface area (TPSA) is 41.6 Å². The third-order valence-electron chi connectivity index (χ3n) is 4.08. The molecule has 3 rings (SSSR count). The number of pyridine rings is 1. The Hall–Kier alpha value is -1.59. The molecule has 3 nitrogen and oxygen atoms in total. The summed E-state index contributed by atoms with van der Waals surface area (Å²) in [4.78, 5) is 12.0. The van der Waals surface area contributed by atoms with Crippen LogP contribution in [0.2, 0.25) is 0 Å². The van der Waals surface area contributed by atoms with Crippen LogP contribution in [0.4, 0.5) is 13.2 Å². The van der Waals surface area contributed by atoms with E-state index in [0.717, 1.165) is 17.0 Å². The van der Waals surface area contributed by atoms with E-state index in [-0.39, 0.29) is 18.8 Å². The predicted octanol–water partition coefficient (Wildman–Crippen LogP) is 4.10. The van der Waals surface area contributed by atoms with Crippen LogP contribution in [0.15, 0.2) is 12.1 Å². The lowest BCUT2D eigenvalue weighted by atomic mass is 9.81. The van der Waals surface area contributed by atoms with Gasteiger partial charge in [0, 0.05) is 11.6 Å². The van der Waals surface area contributed by atoms with Crippen LogP contribution >= 0.6 is 0 Å². The highest BCUT2D eigenvalue weighted by molar-refractivity contribution is 5.70. The van der Waals surface area contributed by atoms with Crippen LogP contribution in [0.1, 0.15) is 43.1 Å². The standard InChI is InChI=1S/C14H16F3N3/c1-8-2-7-11-13(18-8)20-12(19-11)9-3-5-10(6-4-9)14(15,16)17/h2,7,9-10H,3-6H2,1H3,(H,18,19,20). The van der Waals surface area contributed by atoms with E-state index < -0.39 is 12.1 Å². The number of aromatic nitrogens is 3. The molecule has 2 aromatic heterocycles. The molecule has 1 fully saturated rings. The highest BCUT2D eigenvalue weighted by Gasteiger charge is 2.41. The van der Waals surface area contributed by atoms with Crippen LogP contribution in [0.25, 0.3) is 11.2 Å². The first kappa shape index (κ1) is 13.4. The molecule has 1 saturated carbocycles. The molecule has 1 aliphatic rings. The van der Waals surface area contributed by atoms with Crippen LogP contribution in [-0.2, 0) is 0 Å². The summed E-state index contributed by atoms with van der Waals surface area (Å²) in [7, 11) is 0. The molecule has 0 saturated heterocycles. The van der Waals surface area contributed by atoms with Gasteiger partial charge in [0.05, 0.1) is 11.4 Å². The third kappa shape index (κ3) is 2.51. The first-order valence-electron chi connectivity index (χ1n) is 6.83. The summed E-state index contributed by atoms with van der Waals surface area (Å²) in [5.41, 5.74) is 2.39. The summed E-state index contributed by atoms with van der Waals surface area (Å²) in [6.07, 6.45) is -2.61. The van der Waals surface area contributed by atoms with Gasteiger partial charge in [-0.15, -0.1) is 0 Å². The van der Waals surface area contributed by atoms with Crippen molar-refractivity contribution in [2.24, 2.45) is 5.92 Å². The molecule has 0 radical (unpaired) electrons. The second kappa shape index (κ2) is 4.75. The lowest BCUT2D eigenvalue weighted by Gasteiger charge is -2.28. The molecule has 1 aliphatic carbocycles. The van der Waals surface area contributed by atoms with E-state index in [2.05, 4.69) is 15.0 Å². The van der Waals surface area contributed by atoms with Crippen LogP contribution in [-0.4, -0.2) is 21.1 Å². The molecule has 0 spiro atoms. The van der Waals surface area contributed by atoms with Crippen molar-refractivity contribution >= 4 is 11.2 Å². The van der Waals surface area contributed by atoms with Gasteiger partial charge >= 0.3 is 6.18 Å². The van der Waals surface area contributed by atoms with Gasteiger partial charge in [-0.05, 0) is 44.7 Å². The molecule has 0 aromatic carbocycles. The summed E-state index contributed by atoms with van der Waals surface area (Å²) in [6, 6.07) is 3.81. The van der Waals surface area contributed by atoms with Crippen LogP contribution in [0.3, 0.4) is 0 Å². The Morgan fingerprint density at radius 1 is 1.10 bits per heavy atom. The fourth-order valence-corrected chi connectivity index (χ4v) is 2.89. The Morgan fingerprint density at radius 2 is 1.80 bits per heavy atom. The summed E-state index contributed by atoms with van der Waals surface area (Å²) in [5.74, 6) is -0.287. The summed E-state index contributed by atoms with van der Waals surface area (Å²) < 4.78 is 37.9. The smallest absolute Gasteiger partial charge is 0.340 e. The fraction of sp³-hybridized carbons (Fsp3) is 0.571. The van der Waals surface area contributed by atoms with E-state index in [4.69, 9.17) is 0 Å². The Morgan fingerprint density at radius 3 is 2.45 bits per heavy atom. The molecule has 0 amide bonds. The highest BCUT2D eigenvalue weighted by atomic mass is 19.4. The van der Waals surface area contributed by atoms with Crippen molar-refractivity contribution in [3.63, 3.8) is 0 Å². The van der Waals surface area contributed by atoms with E-state index in [1.54, 1.807) is 0 Å². The number of hydrogen-bond acceptors (Lipinski definition) is 2. The Labute approximate surface area is 114 Å². The van der Waals surface area contributed by atoms with Crippen molar-refractivity contribution in [2.75, 3.05) is 0 Å². The maximum absolute atomic E-state index is 12.6. The molecule has 0 bridgehead atoms. The molecule has 2 heterocycles. The van der Waals surface area contributed by atoms with E-state index >= 15 is 0 Å². The van der Waals surface area contributed by atoms with E-state index in [1.165, 1.54) is 0 Å². The van der Waals surface area contributed by atoms with Gasteiger partial charge in [-0.3, -0.25) is 0 Å². The molecule has 0 unspecified atom stereocenters. The zero-order valence-electron chi connectivity index (χ0n) is 11.2. The van der Waals surface area contributed by atoms with Gasteiger partial charge in [0.15, 0.2) is 5.65 Å². The second-order valence-electron chi connectivity index (χ2n) is 5.54. The van der Waals surface area contributed by atoms with Gasteiger partial charge in [0.2, 0.25) is 0 Å². The van der Waals surface area contributed by atoms with E-state index in [9.17, 15) is 13.2 Å². The van der Waals surface area contributed by atoms with Gasteiger partial charge < -0.3 is 4.98 Å². The average molecular weight is 283 g/mol. The molecule has 2 aromatic rings. The number of halogens is 3. The molecule has 20 heavy (non-hydrogen) atoms. The maximum atomic E-state index is 12.6. The Balaban J connectivity index is 1.76. The predicted molar refractivity (Wildman–Crippen MR) is 69.4 cm³/mol. The lowest BCUT2D eigenvalue weighted by Crippen LogP contribution is -2.27. The summed E-state index contributed by atoms with van der Waals surface area (Å²) in [5, 5.41) is 0. The number of aromatic amines is 1. The number of nitrogens with one attached hydrogen (secondary N) is 1. The van der Waals surface area contributed by atoms with E-state index in [1.807, 2.05) is 19.1 Å². The minimum Gasteiger partial charge on any atom is -0.340 e. The molecule has 0 aliphatic heterocycles. The average Bonchev–Trinajstić information content (AvgIpc) is 2.80. The van der Waals surface area contributed by atoms with Gasteiger partial charge in [0.25, 0.3) is 0 Å². The highest BCUT2D eigenvalue weighted by Crippen LogP contribution is 2.42. The normalized spacial score (nSPS) is 24.2. The zero-order valence-corrected chi connectivity index (χ0v) is 11.2. The van der Waals surface area contributed by atoms with Crippen LogP contribution in [0.5, 0.6) is 0 Å². The number of fused-ring (bicyclic) bond motifs is 1. The number of H-pyrrole nitrogens is 1. The number of imidazole rings is 1. The number of nitrogens with zero attached hydrogens (tertiary/aromatic N) is 2. The van der Waals surface area contributed by atoms with Crippen molar-refractivity contribution in [1.82, 2.24) is 15.0 Å². The monoisotopic (exact) mass is 283 g/mol. The molecule has 1 N–H and O–H groups in total. The Bertz CT molecular complexity index is 610. The number of rotatable bonds is 1. The lowest BCUT2D eigenvalue weighted by molar-refractivity contribution is -0.182. The molecule has 6 heteroatoms. The van der Waals surface area contributed by atoms with Crippen molar-refractivity contribution in [1.29, 1.82) is 0 Å². The van der Waals surface area contributed by atoms with Crippen molar-refractivity contribution < 1.29 is 13.2 Å². The van der Waals surface area contributed by atoms with Crippen molar-refractivity contribution in [3.05, 3.63) is 23.7 Å². The fourth-order valence-electron chi connectivity index (χ4n) is 2.89. The van der Waals surface area contributed by atoms with Gasteiger partial charge in [-0.1, -0.05) is 0 Å². The summed E-state index contributed by atoms with van der Waals surface area (Å²) >= 11 is 0. The van der Waals surface area contributed by atoms with Crippen molar-refractivity contribution in [3.8, 4) is 0 Å². The van der Waals surface area contributed by atoms with Crippen LogP contribution in [0, 0.1) is 12.8 Å². The Kier molecular flexibility index (Phi) is 3.18. The molecule has 108 valence electrons. The number of aryl methyl sites for hydroxylation is 1. The minimum absolute atomic E-state index is 0.0862. The minimum atomic E-state index is -4.06. The quantitative estimate of drug-likeness (QED) is 0.856. The molecule has 0 atom stereocenters. The first-order chi connectivity index (χ1) is 9.43. The molecular formula is C14H16F3N3. The number of hydrogen-bond donors (Lipinski definition) is 1. The SMILES string of the molecule is Cc1ccc2[nH]c(C3CCC(C(F)(F)F)CC3)nc2n1. The van der Waals surface area contributed by atoms with Gasteiger partial charge in [-0.2, -0.15) is 13.2 Å². The van der Waals surface area contributed by atoms with E-state index in [0.29, 0.717) is 18.5 Å². The van der Waals surface area contributed by atoms with Gasteiger partial charge in [0.1, 0.15) is 5.82 Å². The van der Waals surface area contributed by atoms with Gasteiger partial charge in [-0.25, -0.2) is 9.97 Å². The summed E-state index contributed by atoms with van der Waals surface area (Å²) in [6.45, 7) is 1.89. The largest absolute Gasteiger partial charge is 0.391 e. The second-order valence-corrected chi connectivity index (χ2v) is 5.54. The number of alkyl halides is 3. The third-order valence-corrected chi connectivity index (χ3v) is 4.08. The maximum Gasteiger partial charge on any atom is 0.391 e. The molecular weight excluding hydrogens is 267 g/mol. The van der Waals surface area contributed by atoms with Crippen LogP contribution < -0.4 is 0 Å². The first-order valence-corrected chi connectivity index (χ1v) is 6.83.